The maximum absolute atomic E-state index is 12.9. The van der Waals surface area contributed by atoms with Crippen molar-refractivity contribution >= 4 is 29.1 Å². The number of hydrogen-bond donors (Lipinski definition) is 1. The van der Waals surface area contributed by atoms with Gasteiger partial charge in [0.1, 0.15) is 0 Å². The first-order valence-corrected chi connectivity index (χ1v) is 9.81. The molecule has 1 heterocycles. The fourth-order valence-corrected chi connectivity index (χ4v) is 3.70. The molecule has 2 aromatic rings. The van der Waals surface area contributed by atoms with E-state index in [1.165, 1.54) is 0 Å². The van der Waals surface area contributed by atoms with Crippen molar-refractivity contribution in [1.29, 1.82) is 0 Å². The zero-order valence-electron chi connectivity index (χ0n) is 15.8. The maximum atomic E-state index is 12.9. The van der Waals surface area contributed by atoms with Crippen LogP contribution in [0.4, 0.5) is 5.69 Å². The van der Waals surface area contributed by atoms with E-state index in [4.69, 9.17) is 11.6 Å². The molecule has 1 aliphatic heterocycles. The van der Waals surface area contributed by atoms with Crippen molar-refractivity contribution in [2.75, 3.05) is 18.4 Å². The molecule has 5 heteroatoms. The Morgan fingerprint density at radius 2 is 1.93 bits per heavy atom. The summed E-state index contributed by atoms with van der Waals surface area (Å²) in [7, 11) is 0. The molecule has 0 saturated carbocycles. The van der Waals surface area contributed by atoms with Crippen molar-refractivity contribution in [2.24, 2.45) is 5.92 Å². The Kier molecular flexibility index (Phi) is 6.17. The number of anilines is 1. The van der Waals surface area contributed by atoms with Gasteiger partial charge in [0.25, 0.3) is 5.91 Å². The summed E-state index contributed by atoms with van der Waals surface area (Å²) in [6.07, 6.45) is 2.48. The lowest BCUT2D eigenvalue weighted by Gasteiger charge is -2.32. The van der Waals surface area contributed by atoms with Crippen LogP contribution < -0.4 is 5.32 Å². The maximum Gasteiger partial charge on any atom is 0.253 e. The molecule has 0 unspecified atom stereocenters. The van der Waals surface area contributed by atoms with Gasteiger partial charge in [-0.3, -0.25) is 9.59 Å². The highest BCUT2D eigenvalue weighted by Crippen LogP contribution is 2.25. The lowest BCUT2D eigenvalue weighted by molar-refractivity contribution is -0.121. The monoisotopic (exact) mass is 384 g/mol. The van der Waals surface area contributed by atoms with Gasteiger partial charge in [-0.15, -0.1) is 0 Å². The summed E-state index contributed by atoms with van der Waals surface area (Å²) >= 11 is 5.90. The summed E-state index contributed by atoms with van der Waals surface area (Å²) in [5, 5.41) is 3.72. The van der Waals surface area contributed by atoms with Crippen LogP contribution in [0.15, 0.2) is 42.5 Å². The Hall–Kier alpha value is -2.33. The molecule has 0 bridgehead atoms. The summed E-state index contributed by atoms with van der Waals surface area (Å²) in [6, 6.07) is 13.0. The van der Waals surface area contributed by atoms with Crippen molar-refractivity contribution in [2.45, 2.75) is 33.1 Å². The predicted molar refractivity (Wildman–Crippen MR) is 109 cm³/mol. The van der Waals surface area contributed by atoms with E-state index in [0.717, 1.165) is 36.1 Å². The Morgan fingerprint density at radius 3 is 2.63 bits per heavy atom. The van der Waals surface area contributed by atoms with Gasteiger partial charge in [0.15, 0.2) is 0 Å². The van der Waals surface area contributed by atoms with Crippen LogP contribution in [0.3, 0.4) is 0 Å². The average molecular weight is 385 g/mol. The van der Waals surface area contributed by atoms with E-state index in [1.807, 2.05) is 25.1 Å². The second-order valence-corrected chi connectivity index (χ2v) is 7.49. The molecule has 142 valence electrons. The fraction of sp³-hybridized carbons (Fsp3) is 0.364. The molecule has 1 aliphatic rings. The van der Waals surface area contributed by atoms with Crippen molar-refractivity contribution in [1.82, 2.24) is 4.90 Å². The van der Waals surface area contributed by atoms with E-state index in [2.05, 4.69) is 12.2 Å². The second-order valence-electron chi connectivity index (χ2n) is 7.05. The first kappa shape index (κ1) is 19.4. The van der Waals surface area contributed by atoms with Gasteiger partial charge in [-0.2, -0.15) is 0 Å². The van der Waals surface area contributed by atoms with E-state index in [-0.39, 0.29) is 17.7 Å². The number of piperidine rings is 1. The number of para-hydroxylation sites is 1. The first-order valence-electron chi connectivity index (χ1n) is 9.43. The minimum atomic E-state index is -0.195. The highest BCUT2D eigenvalue weighted by molar-refractivity contribution is 6.30. The smallest absolute Gasteiger partial charge is 0.253 e. The van der Waals surface area contributed by atoms with Crippen LogP contribution in [0.25, 0.3) is 0 Å². The summed E-state index contributed by atoms with van der Waals surface area (Å²) in [6.45, 7) is 5.21. The number of halogens is 1. The Morgan fingerprint density at radius 1 is 1.19 bits per heavy atom. The van der Waals surface area contributed by atoms with Crippen molar-refractivity contribution in [3.63, 3.8) is 0 Å². The van der Waals surface area contributed by atoms with Gasteiger partial charge in [-0.1, -0.05) is 36.7 Å². The zero-order valence-corrected chi connectivity index (χ0v) is 16.6. The SMILES string of the molecule is CCc1cccc(C)c1NC(=O)[C@@H]1CCCN(C(=O)c2ccc(Cl)cc2)C1. The largest absolute Gasteiger partial charge is 0.338 e. The third kappa shape index (κ3) is 4.51. The average Bonchev–Trinajstić information content (AvgIpc) is 2.69. The van der Waals surface area contributed by atoms with Crippen LogP contribution in [0.5, 0.6) is 0 Å². The summed E-state index contributed by atoms with van der Waals surface area (Å²) in [5.41, 5.74) is 3.71. The number of aryl methyl sites for hydroxylation is 2. The Balaban J connectivity index is 1.70. The minimum Gasteiger partial charge on any atom is -0.338 e. The van der Waals surface area contributed by atoms with E-state index in [9.17, 15) is 9.59 Å². The molecule has 4 nitrogen and oxygen atoms in total. The van der Waals surface area contributed by atoms with Crippen LogP contribution in [0.2, 0.25) is 5.02 Å². The molecule has 0 aliphatic carbocycles. The molecular formula is C22H25ClN2O2. The topological polar surface area (TPSA) is 49.4 Å². The lowest BCUT2D eigenvalue weighted by atomic mass is 9.95. The number of amides is 2. The normalized spacial score (nSPS) is 16.9. The molecule has 2 aromatic carbocycles. The van der Waals surface area contributed by atoms with Gasteiger partial charge in [-0.25, -0.2) is 0 Å². The van der Waals surface area contributed by atoms with E-state index >= 15 is 0 Å². The van der Waals surface area contributed by atoms with Gasteiger partial charge in [0.2, 0.25) is 5.91 Å². The van der Waals surface area contributed by atoms with Gasteiger partial charge < -0.3 is 10.2 Å². The molecule has 0 spiro atoms. The summed E-state index contributed by atoms with van der Waals surface area (Å²) < 4.78 is 0. The number of rotatable bonds is 4. The van der Waals surface area contributed by atoms with Crippen LogP contribution in [0.1, 0.15) is 41.3 Å². The van der Waals surface area contributed by atoms with Crippen molar-refractivity contribution in [3.8, 4) is 0 Å². The van der Waals surface area contributed by atoms with E-state index < -0.39 is 0 Å². The number of carbonyl (C=O) groups is 2. The number of nitrogens with zero attached hydrogens (tertiary/aromatic N) is 1. The van der Waals surface area contributed by atoms with Crippen LogP contribution in [-0.4, -0.2) is 29.8 Å². The molecular weight excluding hydrogens is 360 g/mol. The quantitative estimate of drug-likeness (QED) is 0.830. The molecule has 0 radical (unpaired) electrons. The van der Waals surface area contributed by atoms with Gasteiger partial charge in [0, 0.05) is 29.4 Å². The number of carbonyl (C=O) groups excluding carboxylic acids is 2. The highest BCUT2D eigenvalue weighted by atomic mass is 35.5. The Bertz CT molecular complexity index is 833. The van der Waals surface area contributed by atoms with Crippen molar-refractivity contribution < 1.29 is 9.59 Å². The molecule has 1 N–H and O–H groups in total. The standard InChI is InChI=1S/C22H25ClN2O2/c1-3-16-7-4-6-15(2)20(16)24-21(26)18-8-5-13-25(14-18)22(27)17-9-11-19(23)12-10-17/h4,6-7,9-12,18H,3,5,8,13-14H2,1-2H3,(H,24,26)/t18-/m1/s1. The molecule has 27 heavy (non-hydrogen) atoms. The van der Waals surface area contributed by atoms with Crippen LogP contribution in [-0.2, 0) is 11.2 Å². The zero-order chi connectivity index (χ0) is 19.4. The third-order valence-corrected chi connectivity index (χ3v) is 5.41. The number of nitrogens with one attached hydrogen (secondary N) is 1. The van der Waals surface area contributed by atoms with Crippen LogP contribution in [0, 0.1) is 12.8 Å². The highest BCUT2D eigenvalue weighted by Gasteiger charge is 2.29. The molecule has 1 saturated heterocycles. The number of hydrogen-bond acceptors (Lipinski definition) is 2. The van der Waals surface area contributed by atoms with Gasteiger partial charge >= 0.3 is 0 Å². The number of likely N-dealkylation sites (tertiary alicyclic amines) is 1. The third-order valence-electron chi connectivity index (χ3n) is 5.16. The first-order chi connectivity index (χ1) is 13.0. The fourth-order valence-electron chi connectivity index (χ4n) is 3.58. The molecule has 2 amide bonds. The molecule has 1 fully saturated rings. The Labute approximate surface area is 165 Å². The van der Waals surface area contributed by atoms with E-state index in [1.54, 1.807) is 29.2 Å². The number of benzene rings is 2. The second kappa shape index (κ2) is 8.57. The molecule has 3 rings (SSSR count). The van der Waals surface area contributed by atoms with Crippen LogP contribution >= 0.6 is 11.6 Å². The lowest BCUT2D eigenvalue weighted by Crippen LogP contribution is -2.43. The molecule has 1 atom stereocenters. The summed E-state index contributed by atoms with van der Waals surface area (Å²) in [4.78, 5) is 27.4. The molecule has 0 aromatic heterocycles. The predicted octanol–water partition coefficient (Wildman–Crippen LogP) is 4.70. The minimum absolute atomic E-state index is 0.00685. The van der Waals surface area contributed by atoms with Crippen molar-refractivity contribution in [3.05, 3.63) is 64.2 Å². The van der Waals surface area contributed by atoms with E-state index in [0.29, 0.717) is 23.7 Å². The summed E-state index contributed by atoms with van der Waals surface area (Å²) in [5.74, 6) is -0.249. The van der Waals surface area contributed by atoms with Gasteiger partial charge in [-0.05, 0) is 61.6 Å². The van der Waals surface area contributed by atoms with Gasteiger partial charge in [0.05, 0.1) is 5.92 Å².